The van der Waals surface area contributed by atoms with Crippen molar-refractivity contribution >= 4 is 21.6 Å². The van der Waals surface area contributed by atoms with Gasteiger partial charge < -0.3 is 10.1 Å². The topological polar surface area (TPSA) is 21.3 Å². The third kappa shape index (κ3) is 2.99. The van der Waals surface area contributed by atoms with Gasteiger partial charge in [-0.05, 0) is 40.9 Å². The molecule has 0 aliphatic heterocycles. The monoisotopic (exact) mass is 301 g/mol. The molecule has 94 valence electrons. The summed E-state index contributed by atoms with van der Waals surface area (Å²) in [5, 5.41) is 3.27. The number of methoxy groups -OCH3 is 1. The van der Waals surface area contributed by atoms with Crippen LogP contribution in [0.2, 0.25) is 0 Å². The van der Waals surface area contributed by atoms with Crippen molar-refractivity contribution in [3.63, 3.8) is 0 Å². The third-order valence-corrected chi connectivity index (χ3v) is 3.96. The Balaban J connectivity index is 2.13. The highest BCUT2D eigenvalue weighted by Gasteiger charge is 2.25. The van der Waals surface area contributed by atoms with Crippen LogP contribution >= 0.6 is 15.9 Å². The minimum absolute atomic E-state index is 0.176. The fourth-order valence-electron chi connectivity index (χ4n) is 2.37. The number of nitrogens with one attached hydrogen (secondary N) is 1. The number of para-hydroxylation sites is 1. The van der Waals surface area contributed by atoms with Gasteiger partial charge in [-0.2, -0.15) is 0 Å². The van der Waals surface area contributed by atoms with Crippen molar-refractivity contribution in [2.75, 3.05) is 12.4 Å². The lowest BCUT2D eigenvalue weighted by atomic mass is 9.92. The van der Waals surface area contributed by atoms with Crippen molar-refractivity contribution < 1.29 is 9.13 Å². The van der Waals surface area contributed by atoms with Crippen LogP contribution in [0.25, 0.3) is 0 Å². The summed E-state index contributed by atoms with van der Waals surface area (Å²) >= 11 is 3.37. The van der Waals surface area contributed by atoms with Gasteiger partial charge in [0.25, 0.3) is 0 Å². The molecule has 2 atom stereocenters. The summed E-state index contributed by atoms with van der Waals surface area (Å²) < 4.78 is 19.9. The highest BCUT2D eigenvalue weighted by atomic mass is 79.9. The van der Waals surface area contributed by atoms with Gasteiger partial charge in [0.1, 0.15) is 5.82 Å². The average Bonchev–Trinajstić information content (AvgIpc) is 2.34. The Hall–Kier alpha value is -0.610. The van der Waals surface area contributed by atoms with Crippen molar-refractivity contribution in [3.8, 4) is 0 Å². The van der Waals surface area contributed by atoms with Crippen LogP contribution in [0.4, 0.5) is 10.1 Å². The van der Waals surface area contributed by atoms with Crippen LogP contribution < -0.4 is 5.32 Å². The van der Waals surface area contributed by atoms with E-state index in [0.29, 0.717) is 5.69 Å². The van der Waals surface area contributed by atoms with Gasteiger partial charge in [0.05, 0.1) is 17.8 Å². The van der Waals surface area contributed by atoms with Crippen molar-refractivity contribution in [2.24, 2.45) is 0 Å². The summed E-state index contributed by atoms with van der Waals surface area (Å²) in [4.78, 5) is 0. The van der Waals surface area contributed by atoms with Gasteiger partial charge in [-0.15, -0.1) is 0 Å². The second kappa shape index (κ2) is 5.83. The molecule has 0 bridgehead atoms. The summed E-state index contributed by atoms with van der Waals surface area (Å²) in [7, 11) is 1.72. The van der Waals surface area contributed by atoms with E-state index in [9.17, 15) is 4.39 Å². The van der Waals surface area contributed by atoms with Gasteiger partial charge in [0.15, 0.2) is 0 Å². The minimum atomic E-state index is -0.222. The predicted octanol–water partition coefficient (Wildman–Crippen LogP) is 3.96. The second-order valence-corrected chi connectivity index (χ2v) is 5.26. The molecule has 0 saturated heterocycles. The number of hydrogen-bond acceptors (Lipinski definition) is 2. The molecule has 1 saturated carbocycles. The third-order valence-electron chi connectivity index (χ3n) is 3.30. The molecule has 2 nitrogen and oxygen atoms in total. The van der Waals surface area contributed by atoms with E-state index in [-0.39, 0.29) is 18.0 Å². The molecule has 1 N–H and O–H groups in total. The fraction of sp³-hybridized carbons (Fsp3) is 0.538. The van der Waals surface area contributed by atoms with E-state index in [1.807, 2.05) is 6.07 Å². The smallest absolute Gasteiger partial charge is 0.147 e. The van der Waals surface area contributed by atoms with Gasteiger partial charge in [-0.25, -0.2) is 4.39 Å². The Bertz CT molecular complexity index is 365. The molecule has 0 aromatic heterocycles. The zero-order chi connectivity index (χ0) is 12.3. The Morgan fingerprint density at radius 3 is 2.82 bits per heavy atom. The van der Waals surface area contributed by atoms with E-state index >= 15 is 0 Å². The van der Waals surface area contributed by atoms with Crippen molar-refractivity contribution in [2.45, 2.75) is 37.8 Å². The highest BCUT2D eigenvalue weighted by Crippen LogP contribution is 2.30. The van der Waals surface area contributed by atoms with Crippen molar-refractivity contribution in [1.82, 2.24) is 0 Å². The lowest BCUT2D eigenvalue weighted by molar-refractivity contribution is 0.0605. The SMILES string of the molecule is COC1CCCCC1Nc1c(F)cccc1Br. The quantitative estimate of drug-likeness (QED) is 0.912. The molecular formula is C13H17BrFNO. The number of halogens is 2. The molecule has 1 aromatic carbocycles. The molecule has 2 rings (SSSR count). The van der Waals surface area contributed by atoms with Crippen molar-refractivity contribution in [1.29, 1.82) is 0 Å². The van der Waals surface area contributed by atoms with E-state index in [0.717, 1.165) is 17.3 Å². The first-order valence-electron chi connectivity index (χ1n) is 5.95. The minimum Gasteiger partial charge on any atom is -0.379 e. The Morgan fingerprint density at radius 1 is 1.35 bits per heavy atom. The first-order valence-corrected chi connectivity index (χ1v) is 6.75. The summed E-state index contributed by atoms with van der Waals surface area (Å²) in [5.41, 5.74) is 0.543. The molecule has 2 unspecified atom stereocenters. The molecular weight excluding hydrogens is 285 g/mol. The molecule has 1 fully saturated rings. The standard InChI is InChI=1S/C13H17BrFNO/c1-17-12-8-3-2-7-11(12)16-13-9(14)5-4-6-10(13)15/h4-6,11-12,16H,2-3,7-8H2,1H3. The lowest BCUT2D eigenvalue weighted by Crippen LogP contribution is -2.38. The van der Waals surface area contributed by atoms with E-state index < -0.39 is 0 Å². The first kappa shape index (κ1) is 12.8. The van der Waals surface area contributed by atoms with Crippen LogP contribution in [0.15, 0.2) is 22.7 Å². The summed E-state index contributed by atoms with van der Waals surface area (Å²) in [6, 6.07) is 5.20. The van der Waals surface area contributed by atoms with E-state index in [1.54, 1.807) is 13.2 Å². The number of ether oxygens (including phenoxy) is 1. The molecule has 4 heteroatoms. The van der Waals surface area contributed by atoms with Gasteiger partial charge in [0, 0.05) is 11.6 Å². The lowest BCUT2D eigenvalue weighted by Gasteiger charge is -2.32. The Morgan fingerprint density at radius 2 is 2.12 bits per heavy atom. The zero-order valence-corrected chi connectivity index (χ0v) is 11.5. The maximum atomic E-state index is 13.7. The molecule has 1 aliphatic rings. The van der Waals surface area contributed by atoms with E-state index in [1.165, 1.54) is 18.9 Å². The van der Waals surface area contributed by atoms with Crippen LogP contribution in [0.1, 0.15) is 25.7 Å². The van der Waals surface area contributed by atoms with Gasteiger partial charge in [0.2, 0.25) is 0 Å². The van der Waals surface area contributed by atoms with Crippen LogP contribution in [0.3, 0.4) is 0 Å². The van der Waals surface area contributed by atoms with E-state index in [2.05, 4.69) is 21.2 Å². The molecule has 1 aromatic rings. The summed E-state index contributed by atoms with van der Waals surface area (Å²) in [5.74, 6) is -0.222. The maximum absolute atomic E-state index is 13.7. The second-order valence-electron chi connectivity index (χ2n) is 4.41. The van der Waals surface area contributed by atoms with Gasteiger partial charge >= 0.3 is 0 Å². The molecule has 0 heterocycles. The summed E-state index contributed by atoms with van der Waals surface area (Å²) in [6.45, 7) is 0. The molecule has 0 radical (unpaired) electrons. The molecule has 1 aliphatic carbocycles. The Kier molecular flexibility index (Phi) is 4.40. The highest BCUT2D eigenvalue weighted by molar-refractivity contribution is 9.10. The maximum Gasteiger partial charge on any atom is 0.147 e. The van der Waals surface area contributed by atoms with E-state index in [4.69, 9.17) is 4.74 Å². The molecule has 0 spiro atoms. The average molecular weight is 302 g/mol. The normalized spacial score (nSPS) is 24.6. The number of hydrogen-bond donors (Lipinski definition) is 1. The van der Waals surface area contributed by atoms with Crippen LogP contribution in [0.5, 0.6) is 0 Å². The van der Waals surface area contributed by atoms with Gasteiger partial charge in [-0.3, -0.25) is 0 Å². The fourth-order valence-corrected chi connectivity index (χ4v) is 2.82. The zero-order valence-electron chi connectivity index (χ0n) is 9.88. The van der Waals surface area contributed by atoms with Crippen LogP contribution in [-0.2, 0) is 4.74 Å². The summed E-state index contributed by atoms with van der Waals surface area (Å²) in [6.07, 6.45) is 4.60. The number of rotatable bonds is 3. The predicted molar refractivity (Wildman–Crippen MR) is 70.8 cm³/mol. The number of benzene rings is 1. The van der Waals surface area contributed by atoms with Crippen LogP contribution in [0, 0.1) is 5.82 Å². The number of anilines is 1. The van der Waals surface area contributed by atoms with Gasteiger partial charge in [-0.1, -0.05) is 18.9 Å². The Labute approximate surface area is 110 Å². The molecule has 0 amide bonds. The van der Waals surface area contributed by atoms with Crippen LogP contribution in [-0.4, -0.2) is 19.3 Å². The largest absolute Gasteiger partial charge is 0.379 e. The van der Waals surface area contributed by atoms with Crippen molar-refractivity contribution in [3.05, 3.63) is 28.5 Å². The first-order chi connectivity index (χ1) is 8.22. The molecule has 17 heavy (non-hydrogen) atoms.